The van der Waals surface area contributed by atoms with Crippen molar-refractivity contribution in [2.75, 3.05) is 5.75 Å². The minimum Gasteiger partial charge on any atom is -0.271 e. The molecular formula is C12H24N2S2. The molecule has 3 N–H and O–H groups in total. The topological polar surface area (TPSA) is 38.0 Å². The zero-order valence-electron chi connectivity index (χ0n) is 10.5. The molecule has 1 heterocycles. The molecule has 4 unspecified atom stereocenters. The summed E-state index contributed by atoms with van der Waals surface area (Å²) in [5, 5.41) is 2.09. The number of thioether (sulfide) groups is 2. The molecule has 1 fully saturated rings. The first-order valence-corrected chi connectivity index (χ1v) is 7.97. The molecule has 0 saturated carbocycles. The van der Waals surface area contributed by atoms with Gasteiger partial charge in [0.25, 0.3) is 0 Å². The predicted molar refractivity (Wildman–Crippen MR) is 77.9 cm³/mol. The Morgan fingerprint density at radius 1 is 1.50 bits per heavy atom. The molecule has 2 nitrogen and oxygen atoms in total. The van der Waals surface area contributed by atoms with E-state index < -0.39 is 0 Å². The molecule has 1 aliphatic heterocycles. The first-order valence-electron chi connectivity index (χ1n) is 5.98. The molecule has 0 aromatic carbocycles. The van der Waals surface area contributed by atoms with Gasteiger partial charge in [-0.3, -0.25) is 11.3 Å². The third-order valence-electron chi connectivity index (χ3n) is 3.25. The number of rotatable bonds is 5. The van der Waals surface area contributed by atoms with Crippen LogP contribution in [0.2, 0.25) is 0 Å². The fraction of sp³-hybridized carbons (Fsp3) is 0.833. The van der Waals surface area contributed by atoms with E-state index in [1.165, 1.54) is 11.3 Å². The average molecular weight is 260 g/mol. The molecule has 4 atom stereocenters. The lowest BCUT2D eigenvalue weighted by molar-refractivity contribution is 0.515. The SMILES string of the molecule is C=C(CC)CC(NN)C1CSC(C)C(C)S1. The zero-order valence-corrected chi connectivity index (χ0v) is 12.2. The van der Waals surface area contributed by atoms with Gasteiger partial charge >= 0.3 is 0 Å². The Kier molecular flexibility index (Phi) is 6.26. The second kappa shape index (κ2) is 6.94. The van der Waals surface area contributed by atoms with Gasteiger partial charge < -0.3 is 0 Å². The first-order chi connectivity index (χ1) is 7.58. The van der Waals surface area contributed by atoms with Crippen LogP contribution in [0, 0.1) is 0 Å². The van der Waals surface area contributed by atoms with Crippen molar-refractivity contribution >= 4 is 23.5 Å². The van der Waals surface area contributed by atoms with Gasteiger partial charge in [0.05, 0.1) is 0 Å². The quantitative estimate of drug-likeness (QED) is 0.453. The highest BCUT2D eigenvalue weighted by molar-refractivity contribution is 8.07. The molecule has 0 amide bonds. The number of hydrogen-bond donors (Lipinski definition) is 2. The normalized spacial score (nSPS) is 32.4. The number of nitrogens with two attached hydrogens (primary N) is 1. The van der Waals surface area contributed by atoms with E-state index in [1.54, 1.807) is 0 Å². The van der Waals surface area contributed by atoms with Crippen molar-refractivity contribution in [3.8, 4) is 0 Å². The summed E-state index contributed by atoms with van der Waals surface area (Å²) in [5.74, 6) is 6.87. The van der Waals surface area contributed by atoms with Crippen LogP contribution in [0.5, 0.6) is 0 Å². The molecule has 4 heteroatoms. The van der Waals surface area contributed by atoms with Crippen molar-refractivity contribution in [3.63, 3.8) is 0 Å². The van der Waals surface area contributed by atoms with E-state index in [0.29, 0.717) is 11.3 Å². The van der Waals surface area contributed by atoms with Crippen LogP contribution < -0.4 is 11.3 Å². The van der Waals surface area contributed by atoms with Crippen molar-refractivity contribution < 1.29 is 0 Å². The van der Waals surface area contributed by atoms with Crippen LogP contribution in [-0.2, 0) is 0 Å². The molecule has 94 valence electrons. The fourth-order valence-electron chi connectivity index (χ4n) is 1.77. The van der Waals surface area contributed by atoms with Gasteiger partial charge in [0.2, 0.25) is 0 Å². The van der Waals surface area contributed by atoms with Crippen LogP contribution in [0.1, 0.15) is 33.6 Å². The minimum atomic E-state index is 0.375. The van der Waals surface area contributed by atoms with Crippen LogP contribution in [0.15, 0.2) is 12.2 Å². The standard InChI is InChI=1S/C12H24N2S2/c1-5-8(2)6-11(14-13)12-7-15-9(3)10(4)16-12/h9-12,14H,2,5-7,13H2,1,3-4H3. The van der Waals surface area contributed by atoms with Gasteiger partial charge in [0.15, 0.2) is 0 Å². The van der Waals surface area contributed by atoms with Crippen molar-refractivity contribution in [1.82, 2.24) is 5.43 Å². The largest absolute Gasteiger partial charge is 0.271 e. The van der Waals surface area contributed by atoms with Crippen molar-refractivity contribution in [2.24, 2.45) is 5.84 Å². The molecule has 0 spiro atoms. The Bertz CT molecular complexity index is 233. The van der Waals surface area contributed by atoms with Gasteiger partial charge in [-0.25, -0.2) is 0 Å². The maximum absolute atomic E-state index is 5.67. The van der Waals surface area contributed by atoms with E-state index in [4.69, 9.17) is 5.84 Å². The highest BCUT2D eigenvalue weighted by Gasteiger charge is 2.30. The van der Waals surface area contributed by atoms with Crippen LogP contribution in [-0.4, -0.2) is 27.5 Å². The molecule has 1 rings (SSSR count). The molecule has 1 saturated heterocycles. The summed E-state index contributed by atoms with van der Waals surface area (Å²) < 4.78 is 0. The van der Waals surface area contributed by atoms with Gasteiger partial charge in [-0.15, -0.1) is 0 Å². The monoisotopic (exact) mass is 260 g/mol. The summed E-state index contributed by atoms with van der Waals surface area (Å²) in [6.07, 6.45) is 2.06. The maximum Gasteiger partial charge on any atom is 0.0374 e. The third kappa shape index (κ3) is 3.99. The van der Waals surface area contributed by atoms with E-state index in [9.17, 15) is 0 Å². The second-order valence-corrected chi connectivity index (χ2v) is 7.53. The maximum atomic E-state index is 5.67. The van der Waals surface area contributed by atoms with Gasteiger partial charge in [-0.05, 0) is 12.8 Å². The Morgan fingerprint density at radius 3 is 2.69 bits per heavy atom. The molecular weight excluding hydrogens is 236 g/mol. The molecule has 0 bridgehead atoms. The second-order valence-electron chi connectivity index (χ2n) is 4.50. The van der Waals surface area contributed by atoms with Gasteiger partial charge in [-0.1, -0.05) is 32.9 Å². The molecule has 0 aromatic rings. The highest BCUT2D eigenvalue weighted by Crippen LogP contribution is 2.37. The Balaban J connectivity index is 2.50. The smallest absolute Gasteiger partial charge is 0.0374 e. The fourth-order valence-corrected chi connectivity index (χ4v) is 4.88. The summed E-state index contributed by atoms with van der Waals surface area (Å²) in [4.78, 5) is 0. The summed E-state index contributed by atoms with van der Waals surface area (Å²) in [6, 6.07) is 0.375. The first kappa shape index (κ1) is 14.4. The summed E-state index contributed by atoms with van der Waals surface area (Å²) in [5.41, 5.74) is 4.27. The van der Waals surface area contributed by atoms with Crippen LogP contribution >= 0.6 is 23.5 Å². The average Bonchev–Trinajstić information content (AvgIpc) is 2.29. The van der Waals surface area contributed by atoms with Crippen LogP contribution in [0.4, 0.5) is 0 Å². The third-order valence-corrected chi connectivity index (χ3v) is 6.80. The number of hydrazine groups is 1. The van der Waals surface area contributed by atoms with E-state index in [2.05, 4.69) is 56.3 Å². The molecule has 0 aliphatic carbocycles. The lowest BCUT2D eigenvalue weighted by Crippen LogP contribution is -2.46. The van der Waals surface area contributed by atoms with Crippen molar-refractivity contribution in [2.45, 2.75) is 55.4 Å². The van der Waals surface area contributed by atoms with Gasteiger partial charge in [-0.2, -0.15) is 23.5 Å². The number of hydrogen-bond acceptors (Lipinski definition) is 4. The predicted octanol–water partition coefficient (Wildman–Crippen LogP) is 2.80. The Morgan fingerprint density at radius 2 is 2.19 bits per heavy atom. The van der Waals surface area contributed by atoms with Gasteiger partial charge in [0, 0.05) is 27.5 Å². The van der Waals surface area contributed by atoms with E-state index in [0.717, 1.165) is 23.3 Å². The van der Waals surface area contributed by atoms with Gasteiger partial charge in [0.1, 0.15) is 0 Å². The van der Waals surface area contributed by atoms with E-state index in [-0.39, 0.29) is 0 Å². The van der Waals surface area contributed by atoms with Crippen molar-refractivity contribution in [3.05, 3.63) is 12.2 Å². The highest BCUT2D eigenvalue weighted by atomic mass is 32.2. The lowest BCUT2D eigenvalue weighted by Gasteiger charge is -2.35. The molecule has 16 heavy (non-hydrogen) atoms. The lowest BCUT2D eigenvalue weighted by atomic mass is 10.0. The summed E-state index contributed by atoms with van der Waals surface area (Å²) in [6.45, 7) is 10.9. The van der Waals surface area contributed by atoms with Crippen molar-refractivity contribution in [1.29, 1.82) is 0 Å². The molecule has 1 aliphatic rings. The summed E-state index contributed by atoms with van der Waals surface area (Å²) in [7, 11) is 0. The Labute approximate surface area is 108 Å². The van der Waals surface area contributed by atoms with E-state index in [1.807, 2.05) is 0 Å². The minimum absolute atomic E-state index is 0.375. The molecule has 0 radical (unpaired) electrons. The number of nitrogens with one attached hydrogen (secondary N) is 1. The molecule has 0 aromatic heterocycles. The summed E-state index contributed by atoms with van der Waals surface area (Å²) >= 11 is 4.14. The Hall–Kier alpha value is 0.360. The van der Waals surface area contributed by atoms with Crippen LogP contribution in [0.25, 0.3) is 0 Å². The zero-order chi connectivity index (χ0) is 12.1. The van der Waals surface area contributed by atoms with E-state index >= 15 is 0 Å². The van der Waals surface area contributed by atoms with Crippen LogP contribution in [0.3, 0.4) is 0 Å².